The quantitative estimate of drug-likeness (QED) is 0.548. The van der Waals surface area contributed by atoms with Crippen LogP contribution in [0, 0.1) is 22.7 Å². The van der Waals surface area contributed by atoms with Crippen LogP contribution in [0.4, 0.5) is 5.69 Å². The van der Waals surface area contributed by atoms with E-state index in [0.29, 0.717) is 5.69 Å². The normalized spacial score (nSPS) is 21.5. The van der Waals surface area contributed by atoms with E-state index in [4.69, 9.17) is 0 Å². The summed E-state index contributed by atoms with van der Waals surface area (Å²) >= 11 is 0. The lowest BCUT2D eigenvalue weighted by Gasteiger charge is -2.38. The maximum atomic E-state index is 13.5. The van der Waals surface area contributed by atoms with Gasteiger partial charge >= 0.3 is 0 Å². The molecule has 144 valence electrons. The standard InChI is InChI=1S/C23H35NO2/c1-7-22(5,8-2)16-18-19(23(6,9-3)10-4)21(26)24(20(18)25)17-14-12-11-13-15-17/h11-15,18-19H,7-10,16H2,1-6H3. The molecular formula is C23H35NO2. The van der Waals surface area contributed by atoms with Crippen molar-refractivity contribution in [2.24, 2.45) is 22.7 Å². The Labute approximate surface area is 159 Å². The minimum atomic E-state index is -0.234. The van der Waals surface area contributed by atoms with Crippen molar-refractivity contribution in [1.29, 1.82) is 0 Å². The number of anilines is 1. The summed E-state index contributed by atoms with van der Waals surface area (Å²) in [4.78, 5) is 28.3. The van der Waals surface area contributed by atoms with Crippen molar-refractivity contribution in [3.05, 3.63) is 30.3 Å². The summed E-state index contributed by atoms with van der Waals surface area (Å²) in [6, 6.07) is 9.42. The van der Waals surface area contributed by atoms with Crippen LogP contribution >= 0.6 is 0 Å². The van der Waals surface area contributed by atoms with E-state index in [0.717, 1.165) is 32.1 Å². The topological polar surface area (TPSA) is 37.4 Å². The molecule has 1 fully saturated rings. The number of nitrogens with zero attached hydrogens (tertiary/aromatic N) is 1. The zero-order chi connectivity index (χ0) is 19.5. The van der Waals surface area contributed by atoms with Crippen LogP contribution in [0.3, 0.4) is 0 Å². The van der Waals surface area contributed by atoms with Crippen molar-refractivity contribution in [3.8, 4) is 0 Å². The van der Waals surface area contributed by atoms with Gasteiger partial charge in [-0.05, 0) is 42.2 Å². The second-order valence-electron chi connectivity index (χ2n) is 8.51. The highest BCUT2D eigenvalue weighted by molar-refractivity contribution is 6.22. The van der Waals surface area contributed by atoms with E-state index in [1.807, 2.05) is 30.3 Å². The molecule has 0 N–H and O–H groups in total. The van der Waals surface area contributed by atoms with Gasteiger partial charge in [0.25, 0.3) is 0 Å². The van der Waals surface area contributed by atoms with Crippen LogP contribution in [0.1, 0.15) is 73.6 Å². The number of benzene rings is 1. The largest absolute Gasteiger partial charge is 0.274 e. The third-order valence-electron chi connectivity index (χ3n) is 7.23. The zero-order valence-electron chi connectivity index (χ0n) is 17.3. The summed E-state index contributed by atoms with van der Waals surface area (Å²) < 4.78 is 0. The van der Waals surface area contributed by atoms with Gasteiger partial charge in [0, 0.05) is 0 Å². The first-order chi connectivity index (χ1) is 12.3. The van der Waals surface area contributed by atoms with Crippen molar-refractivity contribution in [2.75, 3.05) is 4.90 Å². The fraction of sp³-hybridized carbons (Fsp3) is 0.652. The Morgan fingerprint density at radius 1 is 0.846 bits per heavy atom. The van der Waals surface area contributed by atoms with Gasteiger partial charge in [-0.2, -0.15) is 0 Å². The highest BCUT2D eigenvalue weighted by Gasteiger charge is 2.55. The number of carbonyl (C=O) groups excluding carboxylic acids is 2. The van der Waals surface area contributed by atoms with E-state index in [-0.39, 0.29) is 34.5 Å². The smallest absolute Gasteiger partial charge is 0.238 e. The molecule has 3 heteroatoms. The summed E-state index contributed by atoms with van der Waals surface area (Å²) in [7, 11) is 0. The minimum absolute atomic E-state index is 0.00699. The number of hydrogen-bond acceptors (Lipinski definition) is 2. The van der Waals surface area contributed by atoms with Crippen LogP contribution < -0.4 is 4.90 Å². The molecule has 2 amide bonds. The van der Waals surface area contributed by atoms with Gasteiger partial charge in [-0.15, -0.1) is 0 Å². The maximum absolute atomic E-state index is 13.5. The lowest BCUT2D eigenvalue weighted by Crippen LogP contribution is -2.37. The fourth-order valence-electron chi connectivity index (χ4n) is 4.31. The summed E-state index contributed by atoms with van der Waals surface area (Å²) in [6.45, 7) is 13.1. The molecule has 0 aliphatic carbocycles. The van der Waals surface area contributed by atoms with Crippen molar-refractivity contribution < 1.29 is 9.59 Å². The number of rotatable bonds is 8. The van der Waals surface area contributed by atoms with Crippen LogP contribution in [0.25, 0.3) is 0 Å². The molecule has 3 nitrogen and oxygen atoms in total. The minimum Gasteiger partial charge on any atom is -0.274 e. The predicted molar refractivity (Wildman–Crippen MR) is 108 cm³/mol. The van der Waals surface area contributed by atoms with E-state index in [1.165, 1.54) is 4.90 Å². The number of amides is 2. The second kappa shape index (κ2) is 7.94. The first-order valence-corrected chi connectivity index (χ1v) is 10.2. The Bertz CT molecular complexity index is 629. The Hall–Kier alpha value is -1.64. The SMILES string of the molecule is CCC(C)(CC)CC1C(=O)N(c2ccccc2)C(=O)C1C(C)(CC)CC. The number of imide groups is 1. The fourth-order valence-corrected chi connectivity index (χ4v) is 4.31. The molecule has 0 radical (unpaired) electrons. The van der Waals surface area contributed by atoms with Gasteiger partial charge in [-0.3, -0.25) is 14.5 Å². The van der Waals surface area contributed by atoms with E-state index >= 15 is 0 Å². The lowest BCUT2D eigenvalue weighted by atomic mass is 9.64. The second-order valence-corrected chi connectivity index (χ2v) is 8.51. The van der Waals surface area contributed by atoms with Crippen LogP contribution in [0.2, 0.25) is 0 Å². The monoisotopic (exact) mass is 357 g/mol. The van der Waals surface area contributed by atoms with Gasteiger partial charge in [0.15, 0.2) is 0 Å². The third kappa shape index (κ3) is 3.58. The summed E-state index contributed by atoms with van der Waals surface area (Å²) in [6.07, 6.45) is 4.64. The molecule has 2 atom stereocenters. The first kappa shape index (κ1) is 20.7. The molecule has 2 unspecified atom stereocenters. The molecule has 0 saturated carbocycles. The molecule has 1 aromatic rings. The van der Waals surface area contributed by atoms with Gasteiger partial charge in [-0.25, -0.2) is 0 Å². The third-order valence-corrected chi connectivity index (χ3v) is 7.23. The molecule has 1 aliphatic rings. The Morgan fingerprint density at radius 2 is 1.38 bits per heavy atom. The average Bonchev–Trinajstić information content (AvgIpc) is 2.91. The van der Waals surface area contributed by atoms with Crippen molar-refractivity contribution in [2.45, 2.75) is 73.6 Å². The zero-order valence-corrected chi connectivity index (χ0v) is 17.3. The van der Waals surface area contributed by atoms with Crippen molar-refractivity contribution in [3.63, 3.8) is 0 Å². The van der Waals surface area contributed by atoms with E-state index in [1.54, 1.807) is 0 Å². The molecule has 1 heterocycles. The first-order valence-electron chi connectivity index (χ1n) is 10.2. The van der Waals surface area contributed by atoms with Crippen molar-refractivity contribution >= 4 is 17.5 Å². The van der Waals surface area contributed by atoms with Gasteiger partial charge in [-0.1, -0.05) is 72.6 Å². The van der Waals surface area contributed by atoms with Crippen LogP contribution in [0.5, 0.6) is 0 Å². The molecule has 26 heavy (non-hydrogen) atoms. The van der Waals surface area contributed by atoms with Gasteiger partial charge in [0.2, 0.25) is 11.8 Å². The Kier molecular flexibility index (Phi) is 6.31. The molecule has 1 aromatic carbocycles. The van der Waals surface area contributed by atoms with E-state index in [2.05, 4.69) is 41.5 Å². The number of carbonyl (C=O) groups is 2. The molecule has 0 bridgehead atoms. The van der Waals surface area contributed by atoms with E-state index < -0.39 is 0 Å². The summed E-state index contributed by atoms with van der Waals surface area (Å²) in [5.41, 5.74) is 0.649. The van der Waals surface area contributed by atoms with Gasteiger partial charge in [0.05, 0.1) is 17.5 Å². The molecule has 0 spiro atoms. The number of para-hydroxylation sites is 1. The van der Waals surface area contributed by atoms with Crippen molar-refractivity contribution in [1.82, 2.24) is 0 Å². The summed E-state index contributed by atoms with van der Waals surface area (Å²) in [5, 5.41) is 0. The molecule has 1 aliphatic heterocycles. The molecule has 1 saturated heterocycles. The van der Waals surface area contributed by atoms with Gasteiger partial charge in [0.1, 0.15) is 0 Å². The highest BCUT2D eigenvalue weighted by Crippen LogP contribution is 2.50. The Balaban J connectivity index is 2.51. The van der Waals surface area contributed by atoms with Crippen LogP contribution in [-0.4, -0.2) is 11.8 Å². The van der Waals surface area contributed by atoms with Crippen LogP contribution in [-0.2, 0) is 9.59 Å². The highest BCUT2D eigenvalue weighted by atomic mass is 16.2. The maximum Gasteiger partial charge on any atom is 0.238 e. The molecule has 2 rings (SSSR count). The van der Waals surface area contributed by atoms with Crippen LogP contribution in [0.15, 0.2) is 30.3 Å². The molecule has 0 aromatic heterocycles. The molecular weight excluding hydrogens is 322 g/mol. The predicted octanol–water partition coefficient (Wildman–Crippen LogP) is 5.83. The Morgan fingerprint density at radius 3 is 1.85 bits per heavy atom. The number of hydrogen-bond donors (Lipinski definition) is 0. The lowest BCUT2D eigenvalue weighted by molar-refractivity contribution is -0.126. The van der Waals surface area contributed by atoms with Gasteiger partial charge < -0.3 is 0 Å². The average molecular weight is 358 g/mol. The van der Waals surface area contributed by atoms with E-state index in [9.17, 15) is 9.59 Å². The summed E-state index contributed by atoms with van der Waals surface area (Å²) in [5.74, 6) is -0.473.